The van der Waals surface area contributed by atoms with Crippen LogP contribution < -0.4 is 4.72 Å². The molecule has 1 heterocycles. The van der Waals surface area contributed by atoms with E-state index in [0.29, 0.717) is 0 Å². The van der Waals surface area contributed by atoms with E-state index in [9.17, 15) is 13.2 Å². The van der Waals surface area contributed by atoms with Gasteiger partial charge in [-0.25, -0.2) is 13.1 Å². The van der Waals surface area contributed by atoms with Crippen LogP contribution in [0, 0.1) is 6.92 Å². The Kier molecular flexibility index (Phi) is 4.06. The highest BCUT2D eigenvalue weighted by atomic mass is 32.2. The maximum absolute atomic E-state index is 12.2. The Bertz CT molecular complexity index is 808. The van der Waals surface area contributed by atoms with E-state index >= 15 is 0 Å². The number of rotatable bonds is 4. The largest absolute Gasteiger partial charge is 0.274 e. The predicted octanol–water partition coefficient (Wildman–Crippen LogP) is 2.98. The third-order valence-electron chi connectivity index (χ3n) is 3.92. The van der Waals surface area contributed by atoms with Crippen molar-refractivity contribution in [2.24, 2.45) is 0 Å². The second-order valence-corrected chi connectivity index (χ2v) is 8.73. The summed E-state index contributed by atoms with van der Waals surface area (Å²) in [5.74, 6) is -0.329. The molecule has 0 saturated heterocycles. The van der Waals surface area contributed by atoms with E-state index in [4.69, 9.17) is 0 Å². The highest BCUT2D eigenvalue weighted by Gasteiger charge is 2.26. The molecular formula is C16H17NO3S2. The molecule has 1 atom stereocenters. The van der Waals surface area contributed by atoms with Gasteiger partial charge in [0.1, 0.15) is 4.21 Å². The van der Waals surface area contributed by atoms with E-state index in [1.165, 1.54) is 28.5 Å². The van der Waals surface area contributed by atoms with Crippen LogP contribution in [0.25, 0.3) is 0 Å². The zero-order valence-electron chi connectivity index (χ0n) is 12.2. The van der Waals surface area contributed by atoms with E-state index in [0.717, 1.165) is 17.7 Å². The van der Waals surface area contributed by atoms with Crippen LogP contribution in [0.1, 0.15) is 34.8 Å². The first-order chi connectivity index (χ1) is 10.5. The summed E-state index contributed by atoms with van der Waals surface area (Å²) in [6.45, 7) is 1.83. The Labute approximate surface area is 134 Å². The van der Waals surface area contributed by atoms with Crippen molar-refractivity contribution < 1.29 is 13.2 Å². The molecule has 1 aliphatic rings. The molecule has 0 unspecified atom stereocenters. The van der Waals surface area contributed by atoms with Gasteiger partial charge in [0.15, 0.2) is 0 Å². The maximum atomic E-state index is 12.2. The van der Waals surface area contributed by atoms with Gasteiger partial charge in [0.05, 0.1) is 0 Å². The van der Waals surface area contributed by atoms with Crippen molar-refractivity contribution in [3.05, 3.63) is 52.4 Å². The Balaban J connectivity index is 1.69. The molecule has 0 fully saturated rings. The standard InChI is InChI=1S/C16H17NO3S2/c1-11-6-9-16(21-11)22(19,20)17-15(18)10-13-8-7-12-4-2-3-5-14(12)13/h2-6,9,13H,7-8,10H2,1H3,(H,17,18)/t13-/m1/s1. The molecule has 1 N–H and O–H groups in total. The SMILES string of the molecule is Cc1ccc(S(=O)(=O)NC(=O)C[C@H]2CCc3ccccc32)s1. The van der Waals surface area contributed by atoms with Crippen molar-refractivity contribution in [3.8, 4) is 0 Å². The third-order valence-corrected chi connectivity index (χ3v) is 6.78. The fraction of sp³-hybridized carbons (Fsp3) is 0.312. The summed E-state index contributed by atoms with van der Waals surface area (Å²) < 4.78 is 26.7. The van der Waals surface area contributed by atoms with Crippen molar-refractivity contribution in [3.63, 3.8) is 0 Å². The zero-order valence-corrected chi connectivity index (χ0v) is 13.8. The number of benzene rings is 1. The average Bonchev–Trinajstić information content (AvgIpc) is 3.06. The molecule has 1 aliphatic carbocycles. The van der Waals surface area contributed by atoms with Crippen LogP contribution in [0.4, 0.5) is 0 Å². The average molecular weight is 335 g/mol. The van der Waals surface area contributed by atoms with Crippen molar-refractivity contribution in [1.82, 2.24) is 4.72 Å². The van der Waals surface area contributed by atoms with Crippen LogP contribution >= 0.6 is 11.3 Å². The summed E-state index contributed by atoms with van der Waals surface area (Å²) in [7, 11) is -3.74. The summed E-state index contributed by atoms with van der Waals surface area (Å²) >= 11 is 1.17. The fourth-order valence-electron chi connectivity index (χ4n) is 2.88. The number of carbonyl (C=O) groups excluding carboxylic acids is 1. The van der Waals surface area contributed by atoms with Gasteiger partial charge < -0.3 is 0 Å². The summed E-state index contributed by atoms with van der Waals surface area (Å²) in [5, 5.41) is 0. The van der Waals surface area contributed by atoms with Crippen LogP contribution in [-0.2, 0) is 21.2 Å². The molecule has 1 aromatic carbocycles. The van der Waals surface area contributed by atoms with Gasteiger partial charge in [-0.05, 0) is 48.9 Å². The molecule has 1 aromatic heterocycles. The highest BCUT2D eigenvalue weighted by Crippen LogP contribution is 2.35. The molecule has 4 nitrogen and oxygen atoms in total. The summed E-state index contributed by atoms with van der Waals surface area (Å²) in [6.07, 6.45) is 2.05. The lowest BCUT2D eigenvalue weighted by molar-refractivity contribution is -0.119. The zero-order chi connectivity index (χ0) is 15.7. The van der Waals surface area contributed by atoms with Crippen LogP contribution in [0.5, 0.6) is 0 Å². The summed E-state index contributed by atoms with van der Waals surface area (Å²) in [6, 6.07) is 11.3. The second-order valence-electron chi connectivity index (χ2n) is 5.53. The quantitative estimate of drug-likeness (QED) is 0.934. The fourth-order valence-corrected chi connectivity index (χ4v) is 5.16. The van der Waals surface area contributed by atoms with Crippen LogP contribution in [-0.4, -0.2) is 14.3 Å². The lowest BCUT2D eigenvalue weighted by atomic mass is 9.98. The third kappa shape index (κ3) is 3.08. The Hall–Kier alpha value is -1.66. The van der Waals surface area contributed by atoms with Gasteiger partial charge in [-0.2, -0.15) is 0 Å². The van der Waals surface area contributed by atoms with E-state index in [-0.39, 0.29) is 16.5 Å². The van der Waals surface area contributed by atoms with E-state index in [1.54, 1.807) is 6.07 Å². The number of carbonyl (C=O) groups is 1. The number of sulfonamides is 1. The number of hydrogen-bond donors (Lipinski definition) is 1. The summed E-state index contributed by atoms with van der Waals surface area (Å²) in [4.78, 5) is 13.0. The molecule has 1 amide bonds. The number of amides is 1. The monoisotopic (exact) mass is 335 g/mol. The Morgan fingerprint density at radius 1 is 1.27 bits per heavy atom. The molecule has 0 radical (unpaired) electrons. The van der Waals surface area contributed by atoms with Gasteiger partial charge in [0, 0.05) is 11.3 Å². The lowest BCUT2D eigenvalue weighted by Crippen LogP contribution is -2.30. The minimum atomic E-state index is -3.74. The Morgan fingerprint density at radius 3 is 2.77 bits per heavy atom. The van der Waals surface area contributed by atoms with Gasteiger partial charge in [-0.1, -0.05) is 24.3 Å². The first-order valence-corrected chi connectivity index (χ1v) is 9.45. The number of aryl methyl sites for hydroxylation is 2. The number of thiophene rings is 1. The molecule has 2 aromatic rings. The van der Waals surface area contributed by atoms with Gasteiger partial charge in [-0.3, -0.25) is 4.79 Å². The smallest absolute Gasteiger partial charge is 0.273 e. The molecule has 0 bridgehead atoms. The number of hydrogen-bond acceptors (Lipinski definition) is 4. The molecule has 3 rings (SSSR count). The first-order valence-electron chi connectivity index (χ1n) is 7.15. The van der Waals surface area contributed by atoms with E-state index < -0.39 is 15.9 Å². The van der Waals surface area contributed by atoms with Gasteiger partial charge in [0.2, 0.25) is 5.91 Å². The van der Waals surface area contributed by atoms with Gasteiger partial charge in [-0.15, -0.1) is 11.3 Å². The van der Waals surface area contributed by atoms with Gasteiger partial charge >= 0.3 is 0 Å². The Morgan fingerprint density at radius 2 is 2.05 bits per heavy atom. The van der Waals surface area contributed by atoms with Crippen LogP contribution in [0.2, 0.25) is 0 Å². The maximum Gasteiger partial charge on any atom is 0.273 e. The van der Waals surface area contributed by atoms with Crippen molar-refractivity contribution >= 4 is 27.3 Å². The molecule has 22 heavy (non-hydrogen) atoms. The molecular weight excluding hydrogens is 318 g/mol. The van der Waals surface area contributed by atoms with E-state index in [1.807, 2.05) is 25.1 Å². The molecule has 6 heteroatoms. The van der Waals surface area contributed by atoms with Crippen molar-refractivity contribution in [2.75, 3.05) is 0 Å². The minimum Gasteiger partial charge on any atom is -0.274 e. The van der Waals surface area contributed by atoms with Crippen LogP contribution in [0.15, 0.2) is 40.6 Å². The molecule has 0 spiro atoms. The lowest BCUT2D eigenvalue weighted by Gasteiger charge is -2.11. The minimum absolute atomic E-state index is 0.108. The molecule has 0 saturated carbocycles. The van der Waals surface area contributed by atoms with Crippen molar-refractivity contribution in [2.45, 2.75) is 36.3 Å². The van der Waals surface area contributed by atoms with Crippen molar-refractivity contribution in [1.29, 1.82) is 0 Å². The molecule has 0 aliphatic heterocycles. The highest BCUT2D eigenvalue weighted by molar-refractivity contribution is 7.92. The molecule has 116 valence electrons. The van der Waals surface area contributed by atoms with Crippen LogP contribution in [0.3, 0.4) is 0 Å². The number of nitrogens with one attached hydrogen (secondary N) is 1. The number of fused-ring (bicyclic) bond motifs is 1. The summed E-state index contributed by atoms with van der Waals surface area (Å²) in [5.41, 5.74) is 2.43. The second kappa shape index (κ2) is 5.85. The first kappa shape index (κ1) is 15.2. The van der Waals surface area contributed by atoms with E-state index in [2.05, 4.69) is 10.8 Å². The topological polar surface area (TPSA) is 63.2 Å². The normalized spacial score (nSPS) is 17.2. The predicted molar refractivity (Wildman–Crippen MR) is 86.5 cm³/mol. The van der Waals surface area contributed by atoms with Gasteiger partial charge in [0.25, 0.3) is 10.0 Å².